The second-order valence-electron chi connectivity index (χ2n) is 5.10. The van der Waals surface area contributed by atoms with Crippen LogP contribution in [0.1, 0.15) is 18.0 Å². The van der Waals surface area contributed by atoms with Crippen molar-refractivity contribution in [2.24, 2.45) is 0 Å². The summed E-state index contributed by atoms with van der Waals surface area (Å²) in [5.41, 5.74) is 0.494. The van der Waals surface area contributed by atoms with Crippen LogP contribution in [0.3, 0.4) is 0 Å². The van der Waals surface area contributed by atoms with Crippen molar-refractivity contribution in [3.05, 3.63) is 64.2 Å². The van der Waals surface area contributed by atoms with Gasteiger partial charge in [0, 0.05) is 24.1 Å². The lowest BCUT2D eigenvalue weighted by Gasteiger charge is -2.26. The molecule has 0 amide bonds. The maximum Gasteiger partial charge on any atom is 0.270 e. The first-order valence-electron chi connectivity index (χ1n) is 6.96. The van der Waals surface area contributed by atoms with E-state index in [1.165, 1.54) is 18.2 Å². The maximum atomic E-state index is 12.5. The molecule has 1 atom stereocenters. The van der Waals surface area contributed by atoms with Gasteiger partial charge < -0.3 is 4.74 Å². The molecule has 1 heterocycles. The van der Waals surface area contributed by atoms with Crippen molar-refractivity contribution in [1.29, 1.82) is 0 Å². The zero-order valence-corrected chi connectivity index (χ0v) is 12.8. The number of nitrogens with zero attached hydrogens (tertiary/aromatic N) is 1. The Labute approximate surface area is 133 Å². The minimum Gasteiger partial charge on any atom is -0.493 e. The largest absolute Gasteiger partial charge is 0.493 e. The highest BCUT2D eigenvalue weighted by molar-refractivity contribution is 7.89. The number of nitro groups is 1. The van der Waals surface area contributed by atoms with Crippen molar-refractivity contribution in [3.8, 4) is 5.75 Å². The average molecular weight is 334 g/mol. The first kappa shape index (κ1) is 15.4. The fourth-order valence-electron chi connectivity index (χ4n) is 2.48. The molecule has 0 fully saturated rings. The zero-order chi connectivity index (χ0) is 16.4. The first-order valence-corrected chi connectivity index (χ1v) is 8.44. The standard InChI is InChI=1S/C15H14N2O5S/c18-17(19)11-4-3-5-12(10-11)23(20,21)16-14-8-9-22-15-7-2-1-6-13(14)15/h1-7,10,14,16H,8-9H2. The van der Waals surface area contributed by atoms with Gasteiger partial charge in [0.15, 0.2) is 0 Å². The summed E-state index contributed by atoms with van der Waals surface area (Å²) in [7, 11) is -3.87. The number of rotatable bonds is 4. The third-order valence-corrected chi connectivity index (χ3v) is 5.06. The molecule has 0 bridgehead atoms. The molecule has 0 saturated heterocycles. The van der Waals surface area contributed by atoms with Gasteiger partial charge in [0.2, 0.25) is 10.0 Å². The highest BCUT2D eigenvalue weighted by atomic mass is 32.2. The van der Waals surface area contributed by atoms with Crippen LogP contribution in [-0.4, -0.2) is 19.9 Å². The van der Waals surface area contributed by atoms with Crippen LogP contribution >= 0.6 is 0 Å². The van der Waals surface area contributed by atoms with Gasteiger partial charge in [0.1, 0.15) is 5.75 Å². The molecule has 23 heavy (non-hydrogen) atoms. The van der Waals surface area contributed by atoms with Gasteiger partial charge in [0.05, 0.1) is 22.5 Å². The molecule has 1 unspecified atom stereocenters. The summed E-state index contributed by atoms with van der Waals surface area (Å²) in [6.45, 7) is 0.402. The van der Waals surface area contributed by atoms with E-state index in [4.69, 9.17) is 4.74 Å². The predicted octanol–water partition coefficient (Wildman–Crippen LogP) is 2.40. The molecular formula is C15H14N2O5S. The Hall–Kier alpha value is -2.45. The molecule has 1 aliphatic rings. The molecule has 8 heteroatoms. The summed E-state index contributed by atoms with van der Waals surface area (Å²) in [4.78, 5) is 10.1. The smallest absolute Gasteiger partial charge is 0.270 e. The van der Waals surface area contributed by atoms with Gasteiger partial charge in [-0.15, -0.1) is 0 Å². The number of nitrogens with one attached hydrogen (secondary N) is 1. The highest BCUT2D eigenvalue weighted by Gasteiger charge is 2.27. The lowest BCUT2D eigenvalue weighted by molar-refractivity contribution is -0.385. The lowest BCUT2D eigenvalue weighted by atomic mass is 10.0. The van der Waals surface area contributed by atoms with Crippen LogP contribution in [0.15, 0.2) is 53.4 Å². The topological polar surface area (TPSA) is 98.5 Å². The molecule has 1 aliphatic heterocycles. The molecular weight excluding hydrogens is 320 g/mol. The summed E-state index contributed by atoms with van der Waals surface area (Å²) < 4.78 is 33.1. The SMILES string of the molecule is O=[N+]([O-])c1cccc(S(=O)(=O)NC2CCOc3ccccc32)c1. The van der Waals surface area contributed by atoms with Crippen LogP contribution in [0, 0.1) is 10.1 Å². The second kappa shape index (κ2) is 5.98. The lowest BCUT2D eigenvalue weighted by Crippen LogP contribution is -2.32. The molecule has 0 aliphatic carbocycles. The van der Waals surface area contributed by atoms with E-state index in [1.54, 1.807) is 12.1 Å². The fourth-order valence-corrected chi connectivity index (χ4v) is 3.77. The summed E-state index contributed by atoms with van der Waals surface area (Å²) in [5, 5.41) is 10.8. The molecule has 3 rings (SSSR count). The zero-order valence-electron chi connectivity index (χ0n) is 12.0. The Morgan fingerprint density at radius 1 is 1.17 bits per heavy atom. The summed E-state index contributed by atoms with van der Waals surface area (Å²) in [6, 6.07) is 11.8. The first-order chi connectivity index (χ1) is 11.0. The summed E-state index contributed by atoms with van der Waals surface area (Å²) >= 11 is 0. The molecule has 2 aromatic carbocycles. The molecule has 120 valence electrons. The molecule has 0 aromatic heterocycles. The highest BCUT2D eigenvalue weighted by Crippen LogP contribution is 2.32. The van der Waals surface area contributed by atoms with Gasteiger partial charge in [-0.05, 0) is 12.1 Å². The van der Waals surface area contributed by atoms with E-state index in [2.05, 4.69) is 4.72 Å². The van der Waals surface area contributed by atoms with Gasteiger partial charge in [0.25, 0.3) is 5.69 Å². The number of non-ortho nitro benzene ring substituents is 1. The van der Waals surface area contributed by atoms with Crippen molar-refractivity contribution in [2.45, 2.75) is 17.4 Å². The Kier molecular flexibility index (Phi) is 4.01. The van der Waals surface area contributed by atoms with Crippen molar-refractivity contribution in [1.82, 2.24) is 4.72 Å². The number of hydrogen-bond donors (Lipinski definition) is 1. The number of para-hydroxylation sites is 1. The number of ether oxygens (including phenoxy) is 1. The molecule has 0 saturated carbocycles. The van der Waals surface area contributed by atoms with Crippen LogP contribution in [0.25, 0.3) is 0 Å². The van der Waals surface area contributed by atoms with Gasteiger partial charge in [-0.3, -0.25) is 10.1 Å². The Morgan fingerprint density at radius 3 is 2.74 bits per heavy atom. The second-order valence-corrected chi connectivity index (χ2v) is 6.82. The van der Waals surface area contributed by atoms with Crippen molar-refractivity contribution < 1.29 is 18.1 Å². The minimum atomic E-state index is -3.87. The number of sulfonamides is 1. The van der Waals surface area contributed by atoms with Gasteiger partial charge >= 0.3 is 0 Å². The maximum absolute atomic E-state index is 12.5. The number of hydrogen-bond acceptors (Lipinski definition) is 5. The molecule has 7 nitrogen and oxygen atoms in total. The Balaban J connectivity index is 1.91. The van der Waals surface area contributed by atoms with Crippen LogP contribution in [0.4, 0.5) is 5.69 Å². The summed E-state index contributed by atoms with van der Waals surface area (Å²) in [5.74, 6) is 0.644. The predicted molar refractivity (Wildman–Crippen MR) is 82.7 cm³/mol. The summed E-state index contributed by atoms with van der Waals surface area (Å²) in [6.07, 6.45) is 0.491. The van der Waals surface area contributed by atoms with E-state index in [1.807, 2.05) is 12.1 Å². The van der Waals surface area contributed by atoms with Crippen molar-refractivity contribution in [3.63, 3.8) is 0 Å². The molecule has 0 spiro atoms. The third kappa shape index (κ3) is 3.17. The van der Waals surface area contributed by atoms with Gasteiger partial charge in [-0.25, -0.2) is 13.1 Å². The van der Waals surface area contributed by atoms with Crippen LogP contribution in [-0.2, 0) is 10.0 Å². The number of fused-ring (bicyclic) bond motifs is 1. The van der Waals surface area contributed by atoms with E-state index < -0.39 is 21.0 Å². The van der Waals surface area contributed by atoms with Crippen LogP contribution < -0.4 is 9.46 Å². The monoisotopic (exact) mass is 334 g/mol. The Morgan fingerprint density at radius 2 is 1.96 bits per heavy atom. The van der Waals surface area contributed by atoms with Crippen LogP contribution in [0.2, 0.25) is 0 Å². The molecule has 1 N–H and O–H groups in total. The minimum absolute atomic E-state index is 0.129. The van der Waals surface area contributed by atoms with Gasteiger partial charge in [-0.1, -0.05) is 24.3 Å². The number of nitro benzene ring substituents is 1. The fraction of sp³-hybridized carbons (Fsp3) is 0.200. The third-order valence-electron chi connectivity index (χ3n) is 3.59. The van der Waals surface area contributed by atoms with E-state index in [-0.39, 0.29) is 10.6 Å². The quantitative estimate of drug-likeness (QED) is 0.684. The average Bonchev–Trinajstić information content (AvgIpc) is 2.55. The van der Waals surface area contributed by atoms with Gasteiger partial charge in [-0.2, -0.15) is 0 Å². The molecule has 0 radical (unpaired) electrons. The van der Waals surface area contributed by atoms with E-state index in [0.29, 0.717) is 18.8 Å². The van der Waals surface area contributed by atoms with Crippen molar-refractivity contribution >= 4 is 15.7 Å². The number of benzene rings is 2. The van der Waals surface area contributed by atoms with Crippen LogP contribution in [0.5, 0.6) is 5.75 Å². The normalized spacial score (nSPS) is 17.1. The Bertz CT molecular complexity index is 850. The molecule has 2 aromatic rings. The van der Waals surface area contributed by atoms with E-state index in [9.17, 15) is 18.5 Å². The van der Waals surface area contributed by atoms with E-state index in [0.717, 1.165) is 11.6 Å². The van der Waals surface area contributed by atoms with Crippen molar-refractivity contribution in [2.75, 3.05) is 6.61 Å². The van der Waals surface area contributed by atoms with E-state index >= 15 is 0 Å².